The van der Waals surface area contributed by atoms with Crippen LogP contribution in [0.15, 0.2) is 18.2 Å². The van der Waals surface area contributed by atoms with Crippen molar-refractivity contribution in [1.82, 2.24) is 5.32 Å². The van der Waals surface area contributed by atoms with Gasteiger partial charge in [0.1, 0.15) is 0 Å². The molecule has 0 saturated heterocycles. The van der Waals surface area contributed by atoms with Gasteiger partial charge in [-0.1, -0.05) is 19.4 Å². The van der Waals surface area contributed by atoms with Crippen LogP contribution in [0.4, 0.5) is 0 Å². The van der Waals surface area contributed by atoms with E-state index in [1.54, 1.807) is 13.2 Å². The Morgan fingerprint density at radius 2 is 2.00 bits per heavy atom. The molecule has 0 aromatic heterocycles. The van der Waals surface area contributed by atoms with E-state index in [-0.39, 0.29) is 18.7 Å². The molecule has 1 amide bonds. The number of hydrogen-bond acceptors (Lipinski definition) is 4. The molecule has 0 atom stereocenters. The summed E-state index contributed by atoms with van der Waals surface area (Å²) in [6, 6.07) is 5.45. The SMILES string of the molecule is CCCCOc1cc(CNC(=O)CCC(=O)O)ccc1OC. The Bertz CT molecular complexity index is 501. The van der Waals surface area contributed by atoms with Gasteiger partial charge in [0.15, 0.2) is 11.5 Å². The molecule has 1 aromatic rings. The number of benzene rings is 1. The van der Waals surface area contributed by atoms with Crippen LogP contribution in [0.25, 0.3) is 0 Å². The first-order valence-electron chi connectivity index (χ1n) is 7.35. The molecular weight excluding hydrogens is 286 g/mol. The summed E-state index contributed by atoms with van der Waals surface area (Å²) in [5.74, 6) is 0.0307. The summed E-state index contributed by atoms with van der Waals surface area (Å²) in [4.78, 5) is 21.9. The number of nitrogens with one attached hydrogen (secondary N) is 1. The van der Waals surface area contributed by atoms with Crippen LogP contribution in [0.2, 0.25) is 0 Å². The highest BCUT2D eigenvalue weighted by Gasteiger charge is 2.08. The number of hydrogen-bond donors (Lipinski definition) is 2. The Labute approximate surface area is 130 Å². The summed E-state index contributed by atoms with van der Waals surface area (Å²) < 4.78 is 10.9. The highest BCUT2D eigenvalue weighted by molar-refractivity contribution is 5.80. The van der Waals surface area contributed by atoms with E-state index in [0.29, 0.717) is 24.7 Å². The third-order valence-corrected chi connectivity index (χ3v) is 3.04. The first kappa shape index (κ1) is 17.8. The quantitative estimate of drug-likeness (QED) is 0.648. The fourth-order valence-electron chi connectivity index (χ4n) is 1.78. The zero-order chi connectivity index (χ0) is 16.4. The molecule has 0 aliphatic rings. The summed E-state index contributed by atoms with van der Waals surface area (Å²) in [5, 5.41) is 11.2. The molecule has 22 heavy (non-hydrogen) atoms. The third kappa shape index (κ3) is 6.47. The van der Waals surface area contributed by atoms with Gasteiger partial charge in [0.05, 0.1) is 20.1 Å². The van der Waals surface area contributed by atoms with Gasteiger partial charge in [-0.3, -0.25) is 9.59 Å². The van der Waals surface area contributed by atoms with E-state index in [1.807, 2.05) is 12.1 Å². The summed E-state index contributed by atoms with van der Waals surface area (Å²) >= 11 is 0. The van der Waals surface area contributed by atoms with Crippen LogP contribution in [-0.4, -0.2) is 30.7 Å². The summed E-state index contributed by atoms with van der Waals surface area (Å²) in [6.07, 6.45) is 1.81. The minimum absolute atomic E-state index is 0.0225. The normalized spacial score (nSPS) is 10.1. The van der Waals surface area contributed by atoms with Crippen molar-refractivity contribution in [3.63, 3.8) is 0 Å². The lowest BCUT2D eigenvalue weighted by molar-refractivity contribution is -0.138. The molecule has 6 heteroatoms. The highest BCUT2D eigenvalue weighted by atomic mass is 16.5. The van der Waals surface area contributed by atoms with Gasteiger partial charge in [-0.05, 0) is 24.1 Å². The number of aliphatic carboxylic acids is 1. The van der Waals surface area contributed by atoms with Crippen molar-refractivity contribution in [3.8, 4) is 11.5 Å². The molecule has 6 nitrogen and oxygen atoms in total. The van der Waals surface area contributed by atoms with E-state index in [0.717, 1.165) is 18.4 Å². The van der Waals surface area contributed by atoms with Crippen molar-refractivity contribution >= 4 is 11.9 Å². The fraction of sp³-hybridized carbons (Fsp3) is 0.500. The molecule has 0 aliphatic heterocycles. The third-order valence-electron chi connectivity index (χ3n) is 3.04. The monoisotopic (exact) mass is 309 g/mol. The Morgan fingerprint density at radius 1 is 1.23 bits per heavy atom. The molecule has 0 bridgehead atoms. The summed E-state index contributed by atoms with van der Waals surface area (Å²) in [5.41, 5.74) is 0.871. The molecular formula is C16H23NO5. The van der Waals surface area contributed by atoms with Gasteiger partial charge in [0, 0.05) is 13.0 Å². The number of rotatable bonds is 10. The second-order valence-electron chi connectivity index (χ2n) is 4.86. The maximum absolute atomic E-state index is 11.5. The second kappa shape index (κ2) is 9.65. The van der Waals surface area contributed by atoms with Gasteiger partial charge in [-0.15, -0.1) is 0 Å². The zero-order valence-electron chi connectivity index (χ0n) is 13.1. The molecule has 0 unspecified atom stereocenters. The predicted octanol–water partition coefficient (Wildman–Crippen LogP) is 2.36. The zero-order valence-corrected chi connectivity index (χ0v) is 13.1. The number of ether oxygens (including phenoxy) is 2. The Hall–Kier alpha value is -2.24. The molecule has 0 saturated carbocycles. The van der Waals surface area contributed by atoms with E-state index in [1.165, 1.54) is 0 Å². The number of unbranched alkanes of at least 4 members (excludes halogenated alkanes) is 1. The van der Waals surface area contributed by atoms with Gasteiger partial charge in [-0.25, -0.2) is 0 Å². The number of carboxylic acid groups (broad SMARTS) is 1. The van der Waals surface area contributed by atoms with Gasteiger partial charge >= 0.3 is 5.97 Å². The van der Waals surface area contributed by atoms with Crippen LogP contribution >= 0.6 is 0 Å². The van der Waals surface area contributed by atoms with Crippen LogP contribution in [-0.2, 0) is 16.1 Å². The Kier molecular flexibility index (Phi) is 7.81. The molecule has 0 radical (unpaired) electrons. The van der Waals surface area contributed by atoms with Gasteiger partial charge < -0.3 is 19.9 Å². The second-order valence-corrected chi connectivity index (χ2v) is 4.86. The van der Waals surface area contributed by atoms with Crippen molar-refractivity contribution in [2.24, 2.45) is 0 Å². The molecule has 1 rings (SSSR count). The van der Waals surface area contributed by atoms with Crippen molar-refractivity contribution in [2.45, 2.75) is 39.2 Å². The summed E-state index contributed by atoms with van der Waals surface area (Å²) in [7, 11) is 1.58. The first-order valence-corrected chi connectivity index (χ1v) is 7.35. The van der Waals surface area contributed by atoms with E-state index >= 15 is 0 Å². The van der Waals surface area contributed by atoms with Crippen LogP contribution in [0.5, 0.6) is 11.5 Å². The van der Waals surface area contributed by atoms with Crippen molar-refractivity contribution in [3.05, 3.63) is 23.8 Å². The number of carbonyl (C=O) groups is 2. The topological polar surface area (TPSA) is 84.9 Å². The van der Waals surface area contributed by atoms with E-state index in [9.17, 15) is 9.59 Å². The Balaban J connectivity index is 2.57. The first-order chi connectivity index (χ1) is 10.6. The lowest BCUT2D eigenvalue weighted by Gasteiger charge is -2.12. The average Bonchev–Trinajstić information content (AvgIpc) is 2.51. The fourth-order valence-corrected chi connectivity index (χ4v) is 1.78. The van der Waals surface area contributed by atoms with E-state index in [4.69, 9.17) is 14.6 Å². The van der Waals surface area contributed by atoms with Gasteiger partial charge in [-0.2, -0.15) is 0 Å². The molecule has 0 spiro atoms. The predicted molar refractivity (Wildman–Crippen MR) is 82.1 cm³/mol. The molecule has 2 N–H and O–H groups in total. The highest BCUT2D eigenvalue weighted by Crippen LogP contribution is 2.28. The smallest absolute Gasteiger partial charge is 0.303 e. The van der Waals surface area contributed by atoms with Gasteiger partial charge in [0.25, 0.3) is 0 Å². The van der Waals surface area contributed by atoms with Crippen molar-refractivity contribution in [1.29, 1.82) is 0 Å². The maximum Gasteiger partial charge on any atom is 0.303 e. The Morgan fingerprint density at radius 3 is 2.64 bits per heavy atom. The molecule has 122 valence electrons. The number of methoxy groups -OCH3 is 1. The number of carboxylic acids is 1. The van der Waals surface area contributed by atoms with Crippen molar-refractivity contribution < 1.29 is 24.2 Å². The van der Waals surface area contributed by atoms with Crippen LogP contribution < -0.4 is 14.8 Å². The molecule has 0 heterocycles. The lowest BCUT2D eigenvalue weighted by atomic mass is 10.2. The van der Waals surface area contributed by atoms with Crippen LogP contribution in [0, 0.1) is 0 Å². The minimum Gasteiger partial charge on any atom is -0.493 e. The van der Waals surface area contributed by atoms with Crippen LogP contribution in [0.3, 0.4) is 0 Å². The lowest BCUT2D eigenvalue weighted by Crippen LogP contribution is -2.23. The minimum atomic E-state index is -0.980. The van der Waals surface area contributed by atoms with Crippen LogP contribution in [0.1, 0.15) is 38.2 Å². The van der Waals surface area contributed by atoms with Gasteiger partial charge in [0.2, 0.25) is 5.91 Å². The standard InChI is InChI=1S/C16H23NO5/c1-3-4-9-22-14-10-12(5-6-13(14)21-2)11-17-15(18)7-8-16(19)20/h5-6,10H,3-4,7-9,11H2,1-2H3,(H,17,18)(H,19,20). The molecule has 0 aliphatic carbocycles. The maximum atomic E-state index is 11.5. The number of carbonyl (C=O) groups excluding carboxylic acids is 1. The number of amides is 1. The van der Waals surface area contributed by atoms with Crippen molar-refractivity contribution in [2.75, 3.05) is 13.7 Å². The van der Waals surface area contributed by atoms with E-state index < -0.39 is 5.97 Å². The molecule has 0 fully saturated rings. The molecule has 1 aromatic carbocycles. The van der Waals surface area contributed by atoms with E-state index in [2.05, 4.69) is 12.2 Å². The summed E-state index contributed by atoms with van der Waals surface area (Å²) in [6.45, 7) is 3.03. The average molecular weight is 309 g/mol. The largest absolute Gasteiger partial charge is 0.493 e.